The number of benzene rings is 2. The van der Waals surface area contributed by atoms with Crippen molar-refractivity contribution in [2.75, 3.05) is 49.4 Å². The van der Waals surface area contributed by atoms with Crippen molar-refractivity contribution < 1.29 is 9.47 Å². The average Bonchev–Trinajstić information content (AvgIpc) is 3.17. The van der Waals surface area contributed by atoms with Gasteiger partial charge >= 0.3 is 0 Å². The number of methoxy groups -OCH3 is 1. The highest BCUT2D eigenvalue weighted by Gasteiger charge is 2.18. The Bertz CT molecular complexity index is 1270. The molecule has 0 bridgehead atoms. The molecule has 0 saturated carbocycles. The Balaban J connectivity index is 0.00000259. The number of nitrogens with zero attached hydrogens (tertiary/aromatic N) is 4. The number of nitrogen functional groups attached to an aromatic ring is 1. The van der Waals surface area contributed by atoms with Crippen LogP contribution in [-0.2, 0) is 11.8 Å². The van der Waals surface area contributed by atoms with Crippen molar-refractivity contribution in [2.45, 2.75) is 0 Å². The Morgan fingerprint density at radius 1 is 1.12 bits per heavy atom. The Morgan fingerprint density at radius 2 is 1.91 bits per heavy atom. The van der Waals surface area contributed by atoms with E-state index in [1.54, 1.807) is 13.3 Å². The topological polar surface area (TPSA) is 90.5 Å². The number of aryl methyl sites for hydroxylation is 1. The first-order chi connectivity index (χ1) is 15.6. The van der Waals surface area contributed by atoms with Crippen LogP contribution in [0.2, 0.25) is 0 Å². The molecule has 9 heteroatoms. The number of morpholine rings is 1. The molecule has 1 fully saturated rings. The predicted octanol–water partition coefficient (Wildman–Crippen LogP) is 4.23. The van der Waals surface area contributed by atoms with Crippen molar-refractivity contribution in [1.29, 1.82) is 0 Å². The van der Waals surface area contributed by atoms with Gasteiger partial charge in [-0.05, 0) is 18.2 Å². The highest BCUT2D eigenvalue weighted by molar-refractivity contribution is 5.95. The third-order valence-electron chi connectivity index (χ3n) is 5.78. The van der Waals surface area contributed by atoms with Gasteiger partial charge < -0.3 is 30.0 Å². The third-order valence-corrected chi connectivity index (χ3v) is 5.78. The smallest absolute Gasteiger partial charge is 0.227 e. The van der Waals surface area contributed by atoms with Crippen LogP contribution in [0.15, 0.2) is 54.9 Å². The lowest BCUT2D eigenvalue weighted by Gasteiger charge is -2.30. The molecule has 4 aromatic rings. The number of nitrogens with one attached hydrogen (secondary N) is 1. The number of halogens is 1. The minimum atomic E-state index is 0. The molecule has 1 aliphatic rings. The number of para-hydroxylation sites is 1. The van der Waals surface area contributed by atoms with E-state index in [0.29, 0.717) is 30.6 Å². The normalized spacial score (nSPS) is 13.6. The van der Waals surface area contributed by atoms with Gasteiger partial charge in [-0.3, -0.25) is 0 Å². The molecule has 0 atom stereocenters. The maximum Gasteiger partial charge on any atom is 0.227 e. The van der Waals surface area contributed by atoms with Crippen molar-refractivity contribution >= 4 is 46.3 Å². The van der Waals surface area contributed by atoms with Crippen LogP contribution in [-0.4, -0.2) is 47.9 Å². The average molecular weight is 467 g/mol. The molecule has 172 valence electrons. The van der Waals surface area contributed by atoms with Gasteiger partial charge in [-0.25, -0.2) is 9.97 Å². The summed E-state index contributed by atoms with van der Waals surface area (Å²) in [4.78, 5) is 11.4. The number of hydrogen-bond acceptors (Lipinski definition) is 7. The van der Waals surface area contributed by atoms with E-state index in [-0.39, 0.29) is 12.4 Å². The van der Waals surface area contributed by atoms with Crippen LogP contribution < -0.4 is 20.7 Å². The molecule has 3 N–H and O–H groups in total. The van der Waals surface area contributed by atoms with Crippen molar-refractivity contribution in [3.8, 4) is 17.0 Å². The molecule has 0 radical (unpaired) electrons. The molecule has 5 rings (SSSR count). The maximum atomic E-state index is 6.39. The fourth-order valence-corrected chi connectivity index (χ4v) is 4.17. The largest absolute Gasteiger partial charge is 0.494 e. The summed E-state index contributed by atoms with van der Waals surface area (Å²) in [5.74, 6) is 1.16. The standard InChI is InChI=1S/C24H26N6O2.ClH/c1-29-15-17(16-5-3-4-6-21(16)29)19-7-8-26-24(27-19)28-20-13-18(25)22(14-23(20)31-2)30-9-11-32-12-10-30;/h3-8,13-15H,9-12,25H2,1-2H3,(H,26,27,28);1H. The van der Waals surface area contributed by atoms with Crippen LogP contribution >= 0.6 is 12.4 Å². The van der Waals surface area contributed by atoms with E-state index >= 15 is 0 Å². The van der Waals surface area contributed by atoms with E-state index in [1.807, 2.05) is 37.4 Å². The highest BCUT2D eigenvalue weighted by Crippen LogP contribution is 2.37. The first-order valence-electron chi connectivity index (χ1n) is 10.6. The van der Waals surface area contributed by atoms with E-state index in [9.17, 15) is 0 Å². The van der Waals surface area contributed by atoms with E-state index in [4.69, 9.17) is 20.2 Å². The summed E-state index contributed by atoms with van der Waals surface area (Å²) < 4.78 is 13.2. The van der Waals surface area contributed by atoms with Gasteiger partial charge in [-0.2, -0.15) is 0 Å². The number of nitrogens with two attached hydrogens (primary N) is 1. The van der Waals surface area contributed by atoms with Gasteiger partial charge in [0.1, 0.15) is 5.75 Å². The van der Waals surface area contributed by atoms with Crippen molar-refractivity contribution in [1.82, 2.24) is 14.5 Å². The highest BCUT2D eigenvalue weighted by atomic mass is 35.5. The zero-order chi connectivity index (χ0) is 22.1. The summed E-state index contributed by atoms with van der Waals surface area (Å²) in [6.07, 6.45) is 3.84. The minimum Gasteiger partial charge on any atom is -0.494 e. The molecule has 3 heterocycles. The van der Waals surface area contributed by atoms with E-state index in [2.05, 4.69) is 38.1 Å². The number of fused-ring (bicyclic) bond motifs is 1. The van der Waals surface area contributed by atoms with Crippen LogP contribution in [0.5, 0.6) is 5.75 Å². The lowest BCUT2D eigenvalue weighted by molar-refractivity contribution is 0.123. The quantitative estimate of drug-likeness (QED) is 0.425. The van der Waals surface area contributed by atoms with Crippen LogP contribution in [0.3, 0.4) is 0 Å². The summed E-state index contributed by atoms with van der Waals surface area (Å²) in [5, 5.41) is 4.43. The van der Waals surface area contributed by atoms with Gasteiger partial charge in [0.2, 0.25) is 5.95 Å². The van der Waals surface area contributed by atoms with E-state index in [1.165, 1.54) is 0 Å². The Labute approximate surface area is 198 Å². The third kappa shape index (κ3) is 4.40. The molecule has 8 nitrogen and oxygen atoms in total. The summed E-state index contributed by atoms with van der Waals surface area (Å²) >= 11 is 0. The maximum absolute atomic E-state index is 6.39. The summed E-state index contributed by atoms with van der Waals surface area (Å²) in [6, 6.07) is 14.0. The monoisotopic (exact) mass is 466 g/mol. The Hall–Kier alpha value is -3.49. The van der Waals surface area contributed by atoms with Gasteiger partial charge in [0, 0.05) is 55.1 Å². The van der Waals surface area contributed by atoms with Crippen molar-refractivity contribution in [3.63, 3.8) is 0 Å². The Morgan fingerprint density at radius 3 is 2.70 bits per heavy atom. The molecule has 0 amide bonds. The summed E-state index contributed by atoms with van der Waals surface area (Å²) in [6.45, 7) is 2.99. The number of rotatable bonds is 5. The van der Waals surface area contributed by atoms with Crippen molar-refractivity contribution in [3.05, 3.63) is 54.9 Å². The fraction of sp³-hybridized carbons (Fsp3) is 0.250. The predicted molar refractivity (Wildman–Crippen MR) is 135 cm³/mol. The number of anilines is 4. The Kier molecular flexibility index (Phi) is 6.57. The van der Waals surface area contributed by atoms with Crippen LogP contribution in [0.4, 0.5) is 23.0 Å². The zero-order valence-electron chi connectivity index (χ0n) is 18.6. The van der Waals surface area contributed by atoms with Gasteiger partial charge in [0.15, 0.2) is 0 Å². The molecule has 33 heavy (non-hydrogen) atoms. The van der Waals surface area contributed by atoms with Crippen molar-refractivity contribution in [2.24, 2.45) is 7.05 Å². The lowest BCUT2D eigenvalue weighted by atomic mass is 10.1. The van der Waals surface area contributed by atoms with E-state index < -0.39 is 0 Å². The molecular weight excluding hydrogens is 440 g/mol. The second-order valence-electron chi connectivity index (χ2n) is 7.77. The first kappa shape index (κ1) is 22.7. The van der Waals surface area contributed by atoms with Gasteiger partial charge in [0.25, 0.3) is 0 Å². The summed E-state index contributed by atoms with van der Waals surface area (Å²) in [5.41, 5.74) is 11.8. The molecule has 1 saturated heterocycles. The fourth-order valence-electron chi connectivity index (χ4n) is 4.17. The number of hydrogen-bond donors (Lipinski definition) is 2. The van der Waals surface area contributed by atoms with Crippen LogP contribution in [0, 0.1) is 0 Å². The molecule has 0 unspecified atom stereocenters. The summed E-state index contributed by atoms with van der Waals surface area (Å²) in [7, 11) is 3.68. The van der Waals surface area contributed by atoms with Gasteiger partial charge in [-0.15, -0.1) is 12.4 Å². The second-order valence-corrected chi connectivity index (χ2v) is 7.77. The molecule has 1 aliphatic heterocycles. The second kappa shape index (κ2) is 9.56. The first-order valence-corrected chi connectivity index (χ1v) is 10.6. The van der Waals surface area contributed by atoms with Crippen LogP contribution in [0.1, 0.15) is 0 Å². The van der Waals surface area contributed by atoms with E-state index in [0.717, 1.165) is 46.6 Å². The molecule has 0 aliphatic carbocycles. The van der Waals surface area contributed by atoms with Gasteiger partial charge in [-0.1, -0.05) is 18.2 Å². The zero-order valence-corrected chi connectivity index (χ0v) is 19.4. The number of aromatic nitrogens is 3. The van der Waals surface area contributed by atoms with Crippen LogP contribution in [0.25, 0.3) is 22.2 Å². The minimum absolute atomic E-state index is 0. The molecule has 2 aromatic heterocycles. The van der Waals surface area contributed by atoms with Gasteiger partial charge in [0.05, 0.1) is 43.1 Å². The lowest BCUT2D eigenvalue weighted by Crippen LogP contribution is -2.36. The molecule has 2 aromatic carbocycles. The SMILES string of the molecule is COc1cc(N2CCOCC2)c(N)cc1Nc1nccc(-c2cn(C)c3ccccc23)n1.Cl. The molecule has 0 spiro atoms. The number of ether oxygens (including phenoxy) is 2. The molecular formula is C24H27ClN6O2.